The second kappa shape index (κ2) is 10.3. The second-order valence-electron chi connectivity index (χ2n) is 5.56. The van der Waals surface area contributed by atoms with E-state index in [0.29, 0.717) is 24.1 Å². The maximum atomic E-state index is 12.0. The Morgan fingerprint density at radius 1 is 1.23 bits per heavy atom. The molecule has 1 aliphatic carbocycles. The van der Waals surface area contributed by atoms with E-state index >= 15 is 0 Å². The van der Waals surface area contributed by atoms with Gasteiger partial charge in [0.1, 0.15) is 0 Å². The van der Waals surface area contributed by atoms with Crippen molar-refractivity contribution >= 4 is 35.3 Å². The van der Waals surface area contributed by atoms with Crippen LogP contribution in [0.2, 0.25) is 0 Å². The van der Waals surface area contributed by atoms with Crippen molar-refractivity contribution in [2.24, 2.45) is 0 Å². The smallest absolute Gasteiger partial charge is 0.284 e. The van der Waals surface area contributed by atoms with Gasteiger partial charge in [-0.2, -0.15) is 0 Å². The molecule has 2 rings (SSSR count). The van der Waals surface area contributed by atoms with E-state index in [1.54, 1.807) is 11.5 Å². The molecule has 1 aromatic rings. The molecule has 0 atom stereocenters. The minimum Gasteiger partial charge on any atom is -0.329 e. The molecule has 1 heterocycles. The van der Waals surface area contributed by atoms with Gasteiger partial charge in [-0.1, -0.05) is 42.5 Å². The Morgan fingerprint density at radius 2 is 2.04 bits per heavy atom. The van der Waals surface area contributed by atoms with Gasteiger partial charge in [0.15, 0.2) is 0 Å². The lowest BCUT2D eigenvalue weighted by molar-refractivity contribution is -0.120. The molecular weight excluding hydrogens is 348 g/mol. The molecule has 6 heteroatoms. The lowest BCUT2D eigenvalue weighted by Crippen LogP contribution is -2.22. The van der Waals surface area contributed by atoms with E-state index in [9.17, 15) is 9.59 Å². The molecule has 0 spiro atoms. The van der Waals surface area contributed by atoms with Crippen LogP contribution in [-0.2, 0) is 4.79 Å². The van der Waals surface area contributed by atoms with Crippen LogP contribution >= 0.6 is 11.3 Å². The van der Waals surface area contributed by atoms with E-state index in [1.165, 1.54) is 11.3 Å². The Hall–Kier alpha value is -2.70. The first-order valence-corrected chi connectivity index (χ1v) is 9.15. The molecule has 1 aliphatic rings. The largest absolute Gasteiger partial charge is 0.329 e. The van der Waals surface area contributed by atoms with E-state index < -0.39 is 5.91 Å². The van der Waals surface area contributed by atoms with Crippen LogP contribution in [0.4, 0.5) is 0 Å². The summed E-state index contributed by atoms with van der Waals surface area (Å²) in [6.07, 6.45) is 19.0. The zero-order chi connectivity index (χ0) is 18.8. The molecule has 3 N–H and O–H groups in total. The molecule has 26 heavy (non-hydrogen) atoms. The van der Waals surface area contributed by atoms with Gasteiger partial charge in [-0.3, -0.25) is 14.8 Å². The molecule has 0 saturated carbocycles. The van der Waals surface area contributed by atoms with Crippen molar-refractivity contribution in [1.82, 2.24) is 10.8 Å². The van der Waals surface area contributed by atoms with E-state index in [4.69, 9.17) is 5.21 Å². The first kappa shape index (κ1) is 19.6. The van der Waals surface area contributed by atoms with Crippen molar-refractivity contribution in [3.05, 3.63) is 68.9 Å². The van der Waals surface area contributed by atoms with E-state index in [1.807, 2.05) is 61.6 Å². The maximum Gasteiger partial charge on any atom is 0.284 e. The number of fused-ring (bicyclic) bond motifs is 1. The lowest BCUT2D eigenvalue weighted by Gasteiger charge is -2.05. The molecule has 0 saturated heterocycles. The molecular formula is C20H22N2O3S. The highest BCUT2D eigenvalue weighted by atomic mass is 32.1. The number of nitrogens with one attached hydrogen (secondary N) is 2. The van der Waals surface area contributed by atoms with Crippen molar-refractivity contribution in [2.45, 2.75) is 26.2 Å². The summed E-state index contributed by atoms with van der Waals surface area (Å²) in [6.45, 7) is 1.96. The van der Waals surface area contributed by atoms with Gasteiger partial charge in [0.25, 0.3) is 5.91 Å². The third-order valence-electron chi connectivity index (χ3n) is 3.59. The number of amides is 2. The third-order valence-corrected chi connectivity index (χ3v) is 4.71. The average molecular weight is 370 g/mol. The van der Waals surface area contributed by atoms with Crippen LogP contribution in [0.25, 0.3) is 12.2 Å². The summed E-state index contributed by atoms with van der Waals surface area (Å²) in [5, 5.41) is 12.6. The Bertz CT molecular complexity index is 889. The Labute approximate surface area is 156 Å². The summed E-state index contributed by atoms with van der Waals surface area (Å²) in [6, 6.07) is 1.73. The number of rotatable bonds is 7. The summed E-state index contributed by atoms with van der Waals surface area (Å²) < 4.78 is 0.920. The number of hydrogen-bond acceptors (Lipinski definition) is 4. The first-order valence-electron chi connectivity index (χ1n) is 8.33. The highest BCUT2D eigenvalue weighted by Crippen LogP contribution is 2.06. The Balaban J connectivity index is 1.90. The number of thiophene rings is 1. The van der Waals surface area contributed by atoms with Crippen molar-refractivity contribution in [3.8, 4) is 0 Å². The number of hydroxylamine groups is 1. The average Bonchev–Trinajstić information content (AvgIpc) is 2.97. The van der Waals surface area contributed by atoms with Crippen molar-refractivity contribution < 1.29 is 14.8 Å². The van der Waals surface area contributed by atoms with Crippen molar-refractivity contribution in [1.29, 1.82) is 0 Å². The Morgan fingerprint density at radius 3 is 2.81 bits per heavy atom. The van der Waals surface area contributed by atoms with Crippen molar-refractivity contribution in [2.75, 3.05) is 0 Å². The van der Waals surface area contributed by atoms with Gasteiger partial charge in [-0.15, -0.1) is 11.3 Å². The summed E-state index contributed by atoms with van der Waals surface area (Å²) in [4.78, 5) is 23.9. The van der Waals surface area contributed by atoms with E-state index in [-0.39, 0.29) is 5.91 Å². The van der Waals surface area contributed by atoms with Crippen molar-refractivity contribution in [3.63, 3.8) is 0 Å². The second-order valence-corrected chi connectivity index (χ2v) is 6.65. The molecule has 0 bridgehead atoms. The minimum absolute atomic E-state index is 0.0225. The summed E-state index contributed by atoms with van der Waals surface area (Å²) in [7, 11) is 0. The highest BCUT2D eigenvalue weighted by Gasteiger charge is 2.09. The fourth-order valence-corrected chi connectivity index (χ4v) is 3.26. The standard InChI is InChI=1S/C20H22N2O3S/c1-2-3-4-5-6-7-8-9-19(23)21-16-11-10-15-14-18(20(24)22-25)26-17(15)13-12-16/h2-7,10,12-14,25H,8-9,11H2,1H3,(H,21,23)(H,22,24)/b3-2-,5-4-,7-6+. The molecule has 5 nitrogen and oxygen atoms in total. The topological polar surface area (TPSA) is 78.4 Å². The first-order chi connectivity index (χ1) is 12.6. The molecule has 0 radical (unpaired) electrons. The van der Waals surface area contributed by atoms with E-state index in [0.717, 1.165) is 15.4 Å². The van der Waals surface area contributed by atoms with Gasteiger partial charge in [0.2, 0.25) is 5.91 Å². The van der Waals surface area contributed by atoms with Crippen LogP contribution in [-0.4, -0.2) is 17.0 Å². The van der Waals surface area contributed by atoms with Crippen LogP contribution in [0.15, 0.2) is 54.3 Å². The number of carbonyl (C=O) groups is 2. The van der Waals surface area contributed by atoms with Crippen LogP contribution in [0.1, 0.15) is 35.9 Å². The number of carbonyl (C=O) groups excluding carboxylic acids is 2. The minimum atomic E-state index is -0.518. The molecule has 0 aliphatic heterocycles. The summed E-state index contributed by atoms with van der Waals surface area (Å²) >= 11 is 1.29. The monoisotopic (exact) mass is 370 g/mol. The lowest BCUT2D eigenvalue weighted by atomic mass is 10.2. The van der Waals surface area contributed by atoms with E-state index in [2.05, 4.69) is 5.32 Å². The van der Waals surface area contributed by atoms with Gasteiger partial charge in [-0.05, 0) is 36.8 Å². The number of allylic oxidation sites excluding steroid dienone is 8. The summed E-state index contributed by atoms with van der Waals surface area (Å²) in [5.74, 6) is -0.540. The van der Waals surface area contributed by atoms with Gasteiger partial charge >= 0.3 is 0 Å². The van der Waals surface area contributed by atoms with Gasteiger partial charge in [-0.25, -0.2) is 5.48 Å². The highest BCUT2D eigenvalue weighted by molar-refractivity contribution is 7.12. The molecule has 1 aromatic heterocycles. The normalized spacial score (nSPS) is 13.8. The molecule has 2 amide bonds. The van der Waals surface area contributed by atoms with Crippen LogP contribution in [0.5, 0.6) is 0 Å². The maximum absolute atomic E-state index is 12.0. The predicted molar refractivity (Wildman–Crippen MR) is 105 cm³/mol. The SMILES string of the molecule is C\C=C/C=C\C=C\CCC(=O)NC1=CC=c2sc(C(=O)NO)cc2=CC1. The molecule has 0 fully saturated rings. The zero-order valence-electron chi connectivity index (χ0n) is 14.6. The quantitative estimate of drug-likeness (QED) is 0.391. The molecule has 0 aromatic carbocycles. The van der Waals surface area contributed by atoms with Crippen LogP contribution < -0.4 is 20.5 Å². The van der Waals surface area contributed by atoms with Crippen LogP contribution in [0.3, 0.4) is 0 Å². The van der Waals surface area contributed by atoms with Gasteiger partial charge < -0.3 is 5.32 Å². The third kappa shape index (κ3) is 5.98. The van der Waals surface area contributed by atoms with Gasteiger partial charge in [0.05, 0.1) is 4.88 Å². The van der Waals surface area contributed by atoms with Crippen LogP contribution in [0, 0.1) is 0 Å². The fourth-order valence-electron chi connectivity index (χ4n) is 2.30. The fraction of sp³-hybridized carbons (Fsp3) is 0.200. The zero-order valence-corrected chi connectivity index (χ0v) is 15.4. The number of hydrogen-bond donors (Lipinski definition) is 3. The predicted octanol–water partition coefficient (Wildman–Crippen LogP) is 2.30. The van der Waals surface area contributed by atoms with Gasteiger partial charge in [0, 0.05) is 23.1 Å². The molecule has 0 unspecified atom stereocenters. The summed E-state index contributed by atoms with van der Waals surface area (Å²) in [5.41, 5.74) is 2.46. The Kier molecular flexibility index (Phi) is 7.79. The molecule has 136 valence electrons.